The third-order valence-electron chi connectivity index (χ3n) is 3.79. The number of nitrogens with zero attached hydrogens (tertiary/aromatic N) is 1. The summed E-state index contributed by atoms with van der Waals surface area (Å²) in [5.74, 6) is 0. The minimum Gasteiger partial charge on any atom is -0.341 e. The highest BCUT2D eigenvalue weighted by Gasteiger charge is 2.17. The summed E-state index contributed by atoms with van der Waals surface area (Å²) in [6.45, 7) is 1.11. The molecule has 0 amide bonds. The van der Waals surface area contributed by atoms with Crippen molar-refractivity contribution in [2.75, 3.05) is 11.4 Å². The Balaban J connectivity index is 2.09. The lowest BCUT2D eigenvalue weighted by Crippen LogP contribution is -2.19. The van der Waals surface area contributed by atoms with Gasteiger partial charge < -0.3 is 4.90 Å². The Kier molecular flexibility index (Phi) is 3.88. The molecule has 0 saturated heterocycles. The number of hydrogen-bond donors (Lipinski definition) is 0. The van der Waals surface area contributed by atoms with Gasteiger partial charge in [0.25, 0.3) is 0 Å². The Hall–Kier alpha value is -1.28. The van der Waals surface area contributed by atoms with Gasteiger partial charge in [0.2, 0.25) is 0 Å². The van der Waals surface area contributed by atoms with Gasteiger partial charge in [-0.15, -0.1) is 0 Å². The monoisotopic (exact) mass is 315 g/mol. The molecule has 1 heterocycles. The SMILES string of the molecule is BrCc1ccccc1N1CCCCc2ccccc21. The van der Waals surface area contributed by atoms with Crippen LogP contribution in [0.4, 0.5) is 11.4 Å². The number of anilines is 2. The van der Waals surface area contributed by atoms with E-state index in [0.717, 1.165) is 11.9 Å². The van der Waals surface area contributed by atoms with Crippen molar-refractivity contribution in [3.05, 3.63) is 59.7 Å². The topological polar surface area (TPSA) is 3.24 Å². The van der Waals surface area contributed by atoms with Gasteiger partial charge in [0.1, 0.15) is 0 Å². The molecular formula is C17H18BrN. The van der Waals surface area contributed by atoms with Crippen molar-refractivity contribution in [2.45, 2.75) is 24.6 Å². The summed E-state index contributed by atoms with van der Waals surface area (Å²) in [5, 5.41) is 0.905. The molecule has 0 saturated carbocycles. The maximum Gasteiger partial charge on any atom is 0.0451 e. The van der Waals surface area contributed by atoms with Crippen LogP contribution in [0.25, 0.3) is 0 Å². The largest absolute Gasteiger partial charge is 0.341 e. The minimum absolute atomic E-state index is 0.905. The van der Waals surface area contributed by atoms with E-state index in [1.807, 2.05) is 0 Å². The first-order valence-corrected chi connectivity index (χ1v) is 8.01. The highest BCUT2D eigenvalue weighted by atomic mass is 79.9. The third kappa shape index (κ3) is 2.55. The summed E-state index contributed by atoms with van der Waals surface area (Å²) in [7, 11) is 0. The molecule has 1 aliphatic heterocycles. The van der Waals surface area contributed by atoms with E-state index in [9.17, 15) is 0 Å². The summed E-state index contributed by atoms with van der Waals surface area (Å²) < 4.78 is 0. The fraction of sp³-hybridized carbons (Fsp3) is 0.294. The lowest BCUT2D eigenvalue weighted by Gasteiger charge is -2.27. The molecule has 0 spiro atoms. The van der Waals surface area contributed by atoms with E-state index < -0.39 is 0 Å². The number of benzene rings is 2. The molecule has 0 radical (unpaired) electrons. The fourth-order valence-electron chi connectivity index (χ4n) is 2.83. The number of rotatable bonds is 2. The third-order valence-corrected chi connectivity index (χ3v) is 4.39. The number of halogens is 1. The van der Waals surface area contributed by atoms with Crippen LogP contribution in [0.15, 0.2) is 48.5 Å². The van der Waals surface area contributed by atoms with Crippen molar-refractivity contribution in [3.63, 3.8) is 0 Å². The van der Waals surface area contributed by atoms with E-state index in [-0.39, 0.29) is 0 Å². The molecule has 98 valence electrons. The second kappa shape index (κ2) is 5.79. The van der Waals surface area contributed by atoms with Gasteiger partial charge in [0.15, 0.2) is 0 Å². The van der Waals surface area contributed by atoms with Crippen LogP contribution in [-0.4, -0.2) is 6.54 Å². The highest BCUT2D eigenvalue weighted by molar-refractivity contribution is 9.08. The smallest absolute Gasteiger partial charge is 0.0451 e. The van der Waals surface area contributed by atoms with Gasteiger partial charge in [-0.1, -0.05) is 52.3 Å². The van der Waals surface area contributed by atoms with Crippen molar-refractivity contribution in [2.24, 2.45) is 0 Å². The lowest BCUT2D eigenvalue weighted by atomic mass is 10.1. The predicted molar refractivity (Wildman–Crippen MR) is 85.5 cm³/mol. The maximum absolute atomic E-state index is 3.61. The number of aryl methyl sites for hydroxylation is 1. The summed E-state index contributed by atoms with van der Waals surface area (Å²) >= 11 is 3.61. The molecule has 0 aliphatic carbocycles. The highest BCUT2D eigenvalue weighted by Crippen LogP contribution is 2.34. The molecule has 0 atom stereocenters. The predicted octanol–water partition coefficient (Wildman–Crippen LogP) is 5.06. The van der Waals surface area contributed by atoms with Crippen molar-refractivity contribution < 1.29 is 0 Å². The first kappa shape index (κ1) is 12.7. The summed E-state index contributed by atoms with van der Waals surface area (Å²) in [5.41, 5.74) is 5.56. The van der Waals surface area contributed by atoms with Gasteiger partial charge in [0, 0.05) is 23.2 Å². The molecule has 19 heavy (non-hydrogen) atoms. The molecule has 2 heteroatoms. The van der Waals surface area contributed by atoms with E-state index in [1.165, 1.54) is 41.8 Å². The lowest BCUT2D eigenvalue weighted by molar-refractivity contribution is 0.760. The molecule has 3 rings (SSSR count). The number of hydrogen-bond acceptors (Lipinski definition) is 1. The van der Waals surface area contributed by atoms with E-state index in [1.54, 1.807) is 0 Å². The van der Waals surface area contributed by atoms with Gasteiger partial charge in [-0.2, -0.15) is 0 Å². The summed E-state index contributed by atoms with van der Waals surface area (Å²) in [6.07, 6.45) is 3.73. The van der Waals surface area contributed by atoms with Crippen LogP contribution < -0.4 is 4.90 Å². The van der Waals surface area contributed by atoms with Crippen LogP contribution in [0, 0.1) is 0 Å². The molecule has 0 bridgehead atoms. The fourth-order valence-corrected chi connectivity index (χ4v) is 3.30. The molecule has 0 aromatic heterocycles. The van der Waals surface area contributed by atoms with E-state index in [0.29, 0.717) is 0 Å². The molecule has 2 aromatic carbocycles. The molecule has 1 nitrogen and oxygen atoms in total. The van der Waals surface area contributed by atoms with Crippen LogP contribution in [0.1, 0.15) is 24.0 Å². The molecule has 0 N–H and O–H groups in total. The molecule has 2 aromatic rings. The van der Waals surface area contributed by atoms with Crippen molar-refractivity contribution in [1.82, 2.24) is 0 Å². The molecule has 0 unspecified atom stereocenters. The van der Waals surface area contributed by atoms with Crippen molar-refractivity contribution >= 4 is 27.3 Å². The van der Waals surface area contributed by atoms with Crippen LogP contribution in [-0.2, 0) is 11.8 Å². The van der Waals surface area contributed by atoms with Gasteiger partial charge in [0.05, 0.1) is 0 Å². The number of para-hydroxylation sites is 2. The number of alkyl halides is 1. The number of fused-ring (bicyclic) bond motifs is 1. The van der Waals surface area contributed by atoms with E-state index in [4.69, 9.17) is 0 Å². The summed E-state index contributed by atoms with van der Waals surface area (Å²) in [4.78, 5) is 2.49. The minimum atomic E-state index is 0.905. The van der Waals surface area contributed by atoms with Gasteiger partial charge in [-0.25, -0.2) is 0 Å². The first-order valence-electron chi connectivity index (χ1n) is 6.89. The normalized spacial score (nSPS) is 14.9. The Morgan fingerprint density at radius 1 is 0.895 bits per heavy atom. The Bertz CT molecular complexity index is 565. The van der Waals surface area contributed by atoms with Crippen molar-refractivity contribution in [3.8, 4) is 0 Å². The van der Waals surface area contributed by atoms with E-state index >= 15 is 0 Å². The molecule has 1 aliphatic rings. The van der Waals surface area contributed by atoms with E-state index in [2.05, 4.69) is 69.4 Å². The quantitative estimate of drug-likeness (QED) is 0.700. The standard InChI is InChI=1S/C17H18BrN/c18-13-15-9-2-4-11-17(15)19-12-6-5-8-14-7-1-3-10-16(14)19/h1-4,7,9-11H,5-6,8,12-13H2. The zero-order valence-corrected chi connectivity index (χ0v) is 12.6. The van der Waals surface area contributed by atoms with Crippen LogP contribution in [0.2, 0.25) is 0 Å². The zero-order valence-electron chi connectivity index (χ0n) is 11.0. The average Bonchev–Trinajstić information content (AvgIpc) is 2.69. The van der Waals surface area contributed by atoms with Gasteiger partial charge in [-0.05, 0) is 42.5 Å². The van der Waals surface area contributed by atoms with Crippen LogP contribution in [0.5, 0.6) is 0 Å². The zero-order chi connectivity index (χ0) is 13.1. The summed E-state index contributed by atoms with van der Waals surface area (Å²) in [6, 6.07) is 17.5. The van der Waals surface area contributed by atoms with Crippen LogP contribution >= 0.6 is 15.9 Å². The molecule has 0 fully saturated rings. The first-order chi connectivity index (χ1) is 9.40. The maximum atomic E-state index is 3.61. The Labute approximate surface area is 123 Å². The Morgan fingerprint density at radius 2 is 1.63 bits per heavy atom. The second-order valence-electron chi connectivity index (χ2n) is 5.00. The average molecular weight is 316 g/mol. The van der Waals surface area contributed by atoms with Gasteiger partial charge >= 0.3 is 0 Å². The van der Waals surface area contributed by atoms with Crippen LogP contribution in [0.3, 0.4) is 0 Å². The molecular weight excluding hydrogens is 298 g/mol. The Morgan fingerprint density at radius 3 is 2.47 bits per heavy atom. The van der Waals surface area contributed by atoms with Crippen molar-refractivity contribution in [1.29, 1.82) is 0 Å². The van der Waals surface area contributed by atoms with Gasteiger partial charge in [-0.3, -0.25) is 0 Å². The second-order valence-corrected chi connectivity index (χ2v) is 5.56.